The summed E-state index contributed by atoms with van der Waals surface area (Å²) < 4.78 is 7.72. The number of carbonyl (C=O) groups is 1. The van der Waals surface area contributed by atoms with E-state index in [-0.39, 0.29) is 5.91 Å². The number of aromatic nitrogens is 2. The van der Waals surface area contributed by atoms with Crippen molar-refractivity contribution < 1.29 is 9.21 Å². The summed E-state index contributed by atoms with van der Waals surface area (Å²) in [5.41, 5.74) is 5.00. The monoisotopic (exact) mass is 323 g/mol. The number of hydrogen-bond donors (Lipinski definition) is 0. The predicted molar refractivity (Wildman–Crippen MR) is 93.5 cm³/mol. The van der Waals surface area contributed by atoms with Crippen molar-refractivity contribution in [3.05, 3.63) is 59.1 Å². The molecule has 0 unspecified atom stereocenters. The molecule has 0 radical (unpaired) electrons. The quantitative estimate of drug-likeness (QED) is 0.737. The number of furan rings is 1. The molecule has 3 aromatic rings. The minimum Gasteiger partial charge on any atom is -0.451 e. The van der Waals surface area contributed by atoms with E-state index in [9.17, 15) is 4.79 Å². The summed E-state index contributed by atoms with van der Waals surface area (Å²) in [5, 5.41) is 4.58. The van der Waals surface area contributed by atoms with Crippen molar-refractivity contribution in [1.29, 1.82) is 0 Å². The number of benzene rings is 1. The third-order valence-corrected chi connectivity index (χ3v) is 3.88. The fourth-order valence-electron chi connectivity index (χ4n) is 2.72. The van der Waals surface area contributed by atoms with Gasteiger partial charge in [0.05, 0.1) is 11.4 Å². The molecule has 0 fully saturated rings. The minimum absolute atomic E-state index is 0.152. The van der Waals surface area contributed by atoms with Crippen LogP contribution in [0.2, 0.25) is 0 Å². The van der Waals surface area contributed by atoms with E-state index in [0.29, 0.717) is 11.5 Å². The Hall–Kier alpha value is -2.82. The van der Waals surface area contributed by atoms with E-state index in [1.807, 2.05) is 49.7 Å². The molecule has 5 nitrogen and oxygen atoms in total. The maximum absolute atomic E-state index is 12.1. The molecule has 5 heteroatoms. The van der Waals surface area contributed by atoms with Crippen LogP contribution in [0.15, 0.2) is 40.8 Å². The first-order chi connectivity index (χ1) is 11.4. The number of nitrogens with zero attached hydrogens (tertiary/aromatic N) is 3. The highest BCUT2D eigenvalue weighted by Gasteiger charge is 2.17. The van der Waals surface area contributed by atoms with Gasteiger partial charge in [0.2, 0.25) is 0 Å². The molecule has 0 bridgehead atoms. The number of amides is 1. The van der Waals surface area contributed by atoms with Gasteiger partial charge >= 0.3 is 0 Å². The average molecular weight is 323 g/mol. The zero-order chi connectivity index (χ0) is 17.4. The molecule has 0 N–H and O–H groups in total. The number of aryl methyl sites for hydroxylation is 3. The van der Waals surface area contributed by atoms with Gasteiger partial charge in [-0.2, -0.15) is 5.10 Å². The average Bonchev–Trinajstić information content (AvgIpc) is 3.13. The van der Waals surface area contributed by atoms with Gasteiger partial charge < -0.3 is 9.32 Å². The summed E-state index contributed by atoms with van der Waals surface area (Å²) in [6.45, 7) is 6.04. The summed E-state index contributed by atoms with van der Waals surface area (Å²) >= 11 is 0. The van der Waals surface area contributed by atoms with Crippen LogP contribution in [0, 0.1) is 20.8 Å². The fraction of sp³-hybridized carbons (Fsp3) is 0.263. The lowest BCUT2D eigenvalue weighted by Crippen LogP contribution is -2.20. The number of rotatable bonds is 3. The van der Waals surface area contributed by atoms with Gasteiger partial charge in [0.25, 0.3) is 5.91 Å². The van der Waals surface area contributed by atoms with Crippen LogP contribution in [-0.2, 0) is 0 Å². The Kier molecular flexibility index (Phi) is 4.01. The van der Waals surface area contributed by atoms with E-state index >= 15 is 0 Å². The molecule has 0 atom stereocenters. The first-order valence-corrected chi connectivity index (χ1v) is 7.83. The van der Waals surface area contributed by atoms with Crippen molar-refractivity contribution in [1.82, 2.24) is 14.7 Å². The Bertz CT molecular complexity index is 903. The smallest absolute Gasteiger partial charge is 0.289 e. The van der Waals surface area contributed by atoms with Crippen molar-refractivity contribution in [2.75, 3.05) is 14.1 Å². The Morgan fingerprint density at radius 1 is 1.08 bits per heavy atom. The molecule has 0 aliphatic rings. The van der Waals surface area contributed by atoms with Gasteiger partial charge in [-0.15, -0.1) is 0 Å². The topological polar surface area (TPSA) is 51.3 Å². The van der Waals surface area contributed by atoms with Crippen LogP contribution in [0.1, 0.15) is 27.5 Å². The molecular formula is C19H21N3O2. The second-order valence-electron chi connectivity index (χ2n) is 6.22. The van der Waals surface area contributed by atoms with E-state index in [1.54, 1.807) is 20.2 Å². The maximum atomic E-state index is 12.1. The normalized spacial score (nSPS) is 10.9. The SMILES string of the molecule is Cc1ccc(-c2ccc(C(=O)N(C)C)o2)c(-n2nc(C)cc2C)c1. The highest BCUT2D eigenvalue weighted by Crippen LogP contribution is 2.30. The summed E-state index contributed by atoms with van der Waals surface area (Å²) in [6, 6.07) is 11.7. The highest BCUT2D eigenvalue weighted by molar-refractivity contribution is 5.91. The molecule has 1 aromatic carbocycles. The maximum Gasteiger partial charge on any atom is 0.289 e. The highest BCUT2D eigenvalue weighted by atomic mass is 16.4. The standard InChI is InChI=1S/C19H21N3O2/c1-12-6-7-15(16(10-12)22-14(3)11-13(2)20-22)17-8-9-18(24-17)19(23)21(4)5/h6-11H,1-5H3. The van der Waals surface area contributed by atoms with Gasteiger partial charge in [-0.1, -0.05) is 6.07 Å². The van der Waals surface area contributed by atoms with E-state index in [0.717, 1.165) is 28.2 Å². The van der Waals surface area contributed by atoms with Crippen molar-refractivity contribution in [3.8, 4) is 17.0 Å². The van der Waals surface area contributed by atoms with Crippen molar-refractivity contribution in [2.45, 2.75) is 20.8 Å². The molecule has 0 saturated carbocycles. The summed E-state index contributed by atoms with van der Waals surface area (Å²) in [5.74, 6) is 0.832. The molecule has 124 valence electrons. The molecule has 3 rings (SSSR count). The summed E-state index contributed by atoms with van der Waals surface area (Å²) in [6.07, 6.45) is 0. The first-order valence-electron chi connectivity index (χ1n) is 7.83. The number of carbonyl (C=O) groups excluding carboxylic acids is 1. The molecule has 1 amide bonds. The molecule has 0 aliphatic carbocycles. The van der Waals surface area contributed by atoms with E-state index in [2.05, 4.69) is 11.2 Å². The van der Waals surface area contributed by atoms with Crippen LogP contribution in [0.4, 0.5) is 0 Å². The van der Waals surface area contributed by atoms with Gasteiger partial charge in [-0.05, 0) is 56.7 Å². The molecule has 0 saturated heterocycles. The van der Waals surface area contributed by atoms with Gasteiger partial charge in [-0.25, -0.2) is 4.68 Å². The van der Waals surface area contributed by atoms with Crippen LogP contribution < -0.4 is 0 Å². The fourth-order valence-corrected chi connectivity index (χ4v) is 2.72. The zero-order valence-corrected chi connectivity index (χ0v) is 14.6. The molecule has 24 heavy (non-hydrogen) atoms. The third-order valence-electron chi connectivity index (χ3n) is 3.88. The third kappa shape index (κ3) is 2.85. The molecule has 0 spiro atoms. The van der Waals surface area contributed by atoms with Crippen molar-refractivity contribution in [2.24, 2.45) is 0 Å². The molecular weight excluding hydrogens is 302 g/mol. The largest absolute Gasteiger partial charge is 0.451 e. The summed E-state index contributed by atoms with van der Waals surface area (Å²) in [4.78, 5) is 13.6. The van der Waals surface area contributed by atoms with E-state index < -0.39 is 0 Å². The van der Waals surface area contributed by atoms with E-state index in [4.69, 9.17) is 4.42 Å². The van der Waals surface area contributed by atoms with Crippen LogP contribution >= 0.6 is 0 Å². The Labute approximate surface area is 141 Å². The number of hydrogen-bond acceptors (Lipinski definition) is 3. The van der Waals surface area contributed by atoms with Gasteiger partial charge in [0.15, 0.2) is 5.76 Å². The van der Waals surface area contributed by atoms with Crippen molar-refractivity contribution in [3.63, 3.8) is 0 Å². The lowest BCUT2D eigenvalue weighted by Gasteiger charge is -2.11. The van der Waals surface area contributed by atoms with Crippen LogP contribution in [0.5, 0.6) is 0 Å². The van der Waals surface area contributed by atoms with Crippen molar-refractivity contribution >= 4 is 5.91 Å². The van der Waals surface area contributed by atoms with Gasteiger partial charge in [0, 0.05) is 25.4 Å². The zero-order valence-electron chi connectivity index (χ0n) is 14.6. The Balaban J connectivity index is 2.12. The lowest BCUT2D eigenvalue weighted by molar-refractivity contribution is 0.0797. The van der Waals surface area contributed by atoms with Gasteiger partial charge in [-0.3, -0.25) is 4.79 Å². The van der Waals surface area contributed by atoms with Crippen LogP contribution in [-0.4, -0.2) is 34.7 Å². The molecule has 0 aliphatic heterocycles. The lowest BCUT2D eigenvalue weighted by atomic mass is 10.1. The Morgan fingerprint density at radius 2 is 1.83 bits per heavy atom. The van der Waals surface area contributed by atoms with Crippen LogP contribution in [0.25, 0.3) is 17.0 Å². The Morgan fingerprint density at radius 3 is 2.46 bits per heavy atom. The molecule has 2 aromatic heterocycles. The molecule has 2 heterocycles. The first kappa shape index (κ1) is 16.1. The second kappa shape index (κ2) is 6.00. The van der Waals surface area contributed by atoms with Gasteiger partial charge in [0.1, 0.15) is 5.76 Å². The second-order valence-corrected chi connectivity index (χ2v) is 6.22. The minimum atomic E-state index is -0.152. The van der Waals surface area contributed by atoms with E-state index in [1.165, 1.54) is 4.90 Å². The van der Waals surface area contributed by atoms with Crippen LogP contribution in [0.3, 0.4) is 0 Å². The predicted octanol–water partition coefficient (Wildman–Crippen LogP) is 3.76. The summed E-state index contributed by atoms with van der Waals surface area (Å²) in [7, 11) is 3.41.